The highest BCUT2D eigenvalue weighted by Crippen LogP contribution is 2.24. The number of oxazole rings is 1. The minimum absolute atomic E-state index is 0.459. The Balaban J connectivity index is 1.72. The largest absolute Gasteiger partial charge is 0.445 e. The van der Waals surface area contributed by atoms with E-state index < -0.39 is 0 Å². The quantitative estimate of drug-likeness (QED) is 0.739. The van der Waals surface area contributed by atoms with Crippen molar-refractivity contribution < 1.29 is 4.42 Å². The minimum Gasteiger partial charge on any atom is -0.445 e. The fourth-order valence-electron chi connectivity index (χ4n) is 1.81. The van der Waals surface area contributed by atoms with Gasteiger partial charge in [0.2, 0.25) is 0 Å². The number of aromatic nitrogens is 1. The van der Waals surface area contributed by atoms with Gasteiger partial charge in [0.05, 0.1) is 6.20 Å². The predicted molar refractivity (Wildman–Crippen MR) is 69.1 cm³/mol. The molecule has 1 aliphatic rings. The van der Waals surface area contributed by atoms with Gasteiger partial charge in [-0.15, -0.1) is 0 Å². The summed E-state index contributed by atoms with van der Waals surface area (Å²) in [6, 6.07) is 0.802. The average Bonchev–Trinajstić information content (AvgIpc) is 3.01. The maximum absolute atomic E-state index is 5.79. The van der Waals surface area contributed by atoms with E-state index in [1.165, 1.54) is 12.8 Å². The topological polar surface area (TPSA) is 38.1 Å². The third-order valence-corrected chi connectivity index (χ3v) is 3.60. The first-order valence-corrected chi connectivity index (χ1v) is 6.85. The van der Waals surface area contributed by atoms with Crippen LogP contribution in [0.3, 0.4) is 0 Å². The van der Waals surface area contributed by atoms with Crippen LogP contribution in [0.4, 0.5) is 0 Å². The predicted octanol–water partition coefficient (Wildman–Crippen LogP) is 3.12. The van der Waals surface area contributed by atoms with Gasteiger partial charge in [-0.05, 0) is 31.7 Å². The normalized spacial score (nSPS) is 17.6. The third-order valence-electron chi connectivity index (χ3n) is 3.60. The molecule has 0 saturated heterocycles. The van der Waals surface area contributed by atoms with E-state index in [4.69, 9.17) is 4.42 Å². The van der Waals surface area contributed by atoms with Crippen LogP contribution in [0.15, 0.2) is 10.6 Å². The molecule has 1 N–H and O–H groups in total. The Hall–Kier alpha value is -0.830. The Morgan fingerprint density at radius 2 is 2.18 bits per heavy atom. The molecular weight excluding hydrogens is 212 g/mol. The number of aryl methyl sites for hydroxylation is 1. The number of hydrogen-bond donors (Lipinski definition) is 1. The summed E-state index contributed by atoms with van der Waals surface area (Å²) in [5, 5.41) is 3.51. The molecule has 0 aromatic carbocycles. The van der Waals surface area contributed by atoms with Crippen LogP contribution in [0, 0.1) is 5.92 Å². The Morgan fingerprint density at radius 3 is 2.82 bits per heavy atom. The molecule has 0 amide bonds. The van der Waals surface area contributed by atoms with Crippen molar-refractivity contribution in [2.75, 3.05) is 6.54 Å². The van der Waals surface area contributed by atoms with Gasteiger partial charge in [0.1, 0.15) is 5.76 Å². The van der Waals surface area contributed by atoms with Gasteiger partial charge >= 0.3 is 0 Å². The van der Waals surface area contributed by atoms with Gasteiger partial charge in [-0.25, -0.2) is 4.98 Å². The van der Waals surface area contributed by atoms with Gasteiger partial charge in [0.25, 0.3) is 0 Å². The molecule has 0 aliphatic heterocycles. The van der Waals surface area contributed by atoms with Crippen LogP contribution in [0.2, 0.25) is 0 Å². The molecule has 1 fully saturated rings. The van der Waals surface area contributed by atoms with E-state index in [1.807, 2.05) is 6.20 Å². The van der Waals surface area contributed by atoms with Crippen molar-refractivity contribution in [3.05, 3.63) is 17.8 Å². The van der Waals surface area contributed by atoms with Crippen molar-refractivity contribution >= 4 is 0 Å². The molecule has 0 spiro atoms. The van der Waals surface area contributed by atoms with Crippen LogP contribution in [-0.2, 0) is 6.42 Å². The molecule has 1 atom stereocenters. The molecule has 1 aromatic heterocycles. The van der Waals surface area contributed by atoms with E-state index in [-0.39, 0.29) is 0 Å². The summed E-state index contributed by atoms with van der Waals surface area (Å²) in [6.45, 7) is 7.71. The lowest BCUT2D eigenvalue weighted by Gasteiger charge is -2.11. The van der Waals surface area contributed by atoms with E-state index >= 15 is 0 Å². The molecule has 1 aromatic rings. The number of rotatable bonds is 7. The standard InChI is InChI=1S/C14H24N2O/c1-10(2)11(3)13-9-16-14(17-13)5-4-8-15-12-6-7-12/h9-12,15H,4-8H2,1-3H3. The fourth-order valence-corrected chi connectivity index (χ4v) is 1.81. The van der Waals surface area contributed by atoms with Crippen molar-refractivity contribution in [2.24, 2.45) is 5.92 Å². The molecule has 2 rings (SSSR count). The van der Waals surface area contributed by atoms with Crippen molar-refractivity contribution in [1.82, 2.24) is 10.3 Å². The van der Waals surface area contributed by atoms with Gasteiger partial charge in [0.15, 0.2) is 5.89 Å². The number of nitrogens with zero attached hydrogens (tertiary/aromatic N) is 1. The molecular formula is C14H24N2O. The highest BCUT2D eigenvalue weighted by molar-refractivity contribution is 5.01. The molecule has 1 aliphatic carbocycles. The SMILES string of the molecule is CC(C)C(C)c1cnc(CCCNC2CC2)o1. The molecule has 96 valence electrons. The van der Waals surface area contributed by atoms with Crippen LogP contribution in [-0.4, -0.2) is 17.6 Å². The molecule has 1 heterocycles. The average molecular weight is 236 g/mol. The molecule has 3 nitrogen and oxygen atoms in total. The summed E-state index contributed by atoms with van der Waals surface area (Å²) in [7, 11) is 0. The Bertz CT molecular complexity index is 342. The minimum atomic E-state index is 0.459. The second-order valence-corrected chi connectivity index (χ2v) is 5.52. The van der Waals surface area contributed by atoms with E-state index in [9.17, 15) is 0 Å². The lowest BCUT2D eigenvalue weighted by molar-refractivity contribution is 0.386. The zero-order valence-corrected chi connectivity index (χ0v) is 11.2. The van der Waals surface area contributed by atoms with Gasteiger partial charge in [-0.2, -0.15) is 0 Å². The highest BCUT2D eigenvalue weighted by atomic mass is 16.4. The first-order chi connectivity index (χ1) is 8.16. The molecule has 1 unspecified atom stereocenters. The number of nitrogens with one attached hydrogen (secondary N) is 1. The van der Waals surface area contributed by atoms with Crippen molar-refractivity contribution in [3.8, 4) is 0 Å². The maximum atomic E-state index is 5.79. The zero-order valence-electron chi connectivity index (χ0n) is 11.2. The molecule has 0 radical (unpaired) electrons. The van der Waals surface area contributed by atoms with E-state index in [0.717, 1.165) is 37.1 Å². The second-order valence-electron chi connectivity index (χ2n) is 5.52. The van der Waals surface area contributed by atoms with Gasteiger partial charge in [-0.3, -0.25) is 0 Å². The van der Waals surface area contributed by atoms with Crippen LogP contribution < -0.4 is 5.32 Å². The summed E-state index contributed by atoms with van der Waals surface area (Å²) >= 11 is 0. The smallest absolute Gasteiger partial charge is 0.194 e. The van der Waals surface area contributed by atoms with Crippen LogP contribution in [0.25, 0.3) is 0 Å². The van der Waals surface area contributed by atoms with Crippen molar-refractivity contribution in [3.63, 3.8) is 0 Å². The van der Waals surface area contributed by atoms with Gasteiger partial charge in [-0.1, -0.05) is 20.8 Å². The molecule has 0 bridgehead atoms. The van der Waals surface area contributed by atoms with Crippen LogP contribution in [0.5, 0.6) is 0 Å². The Kier molecular flexibility index (Phi) is 4.21. The monoisotopic (exact) mass is 236 g/mol. The molecule has 1 saturated carbocycles. The summed E-state index contributed by atoms with van der Waals surface area (Å²) in [5.41, 5.74) is 0. The lowest BCUT2D eigenvalue weighted by Crippen LogP contribution is -2.17. The summed E-state index contributed by atoms with van der Waals surface area (Å²) in [4.78, 5) is 4.36. The van der Waals surface area contributed by atoms with E-state index in [1.54, 1.807) is 0 Å². The molecule has 3 heteroatoms. The van der Waals surface area contributed by atoms with Crippen LogP contribution in [0.1, 0.15) is 57.6 Å². The number of hydrogen-bond acceptors (Lipinski definition) is 3. The first-order valence-electron chi connectivity index (χ1n) is 6.85. The maximum Gasteiger partial charge on any atom is 0.194 e. The lowest BCUT2D eigenvalue weighted by atomic mass is 9.96. The van der Waals surface area contributed by atoms with Gasteiger partial charge in [0, 0.05) is 18.4 Å². The first kappa shape index (κ1) is 12.6. The van der Waals surface area contributed by atoms with E-state index in [2.05, 4.69) is 31.1 Å². The van der Waals surface area contributed by atoms with Crippen molar-refractivity contribution in [2.45, 2.75) is 58.4 Å². The Labute approximate surface area is 104 Å². The fraction of sp³-hybridized carbons (Fsp3) is 0.786. The van der Waals surface area contributed by atoms with E-state index in [0.29, 0.717) is 11.8 Å². The summed E-state index contributed by atoms with van der Waals surface area (Å²) < 4.78 is 5.79. The summed E-state index contributed by atoms with van der Waals surface area (Å²) in [6.07, 6.45) is 6.68. The van der Waals surface area contributed by atoms with Gasteiger partial charge < -0.3 is 9.73 Å². The van der Waals surface area contributed by atoms with Crippen LogP contribution >= 0.6 is 0 Å². The van der Waals surface area contributed by atoms with Crippen molar-refractivity contribution in [1.29, 1.82) is 0 Å². The summed E-state index contributed by atoms with van der Waals surface area (Å²) in [5.74, 6) is 2.99. The molecule has 17 heavy (non-hydrogen) atoms. The second kappa shape index (κ2) is 5.67. The third kappa shape index (κ3) is 3.84. The highest BCUT2D eigenvalue weighted by Gasteiger charge is 2.19. The zero-order chi connectivity index (χ0) is 12.3. The Morgan fingerprint density at radius 1 is 1.41 bits per heavy atom.